The monoisotopic (exact) mass is 270 g/mol. The fourth-order valence-electron chi connectivity index (χ4n) is 1.24. The molecular formula is C10H8ClFN4S. The van der Waals surface area contributed by atoms with E-state index in [1.807, 2.05) is 0 Å². The van der Waals surface area contributed by atoms with Crippen LogP contribution in [0.5, 0.6) is 0 Å². The van der Waals surface area contributed by atoms with Crippen molar-refractivity contribution in [1.82, 2.24) is 14.9 Å². The third kappa shape index (κ3) is 2.59. The second kappa shape index (κ2) is 4.77. The Kier molecular flexibility index (Phi) is 3.35. The van der Waals surface area contributed by atoms with Gasteiger partial charge in [0.25, 0.3) is 0 Å². The minimum absolute atomic E-state index is 0.367. The molecule has 0 aliphatic carbocycles. The van der Waals surface area contributed by atoms with Gasteiger partial charge in [0.15, 0.2) is 0 Å². The Bertz CT molecular complexity index is 631. The summed E-state index contributed by atoms with van der Waals surface area (Å²) in [5.41, 5.74) is 0.481. The highest BCUT2D eigenvalue weighted by Gasteiger charge is 2.01. The number of hydrogen-bond donors (Lipinski definition) is 1. The van der Waals surface area contributed by atoms with Gasteiger partial charge in [0, 0.05) is 10.6 Å². The molecule has 0 saturated carbocycles. The summed E-state index contributed by atoms with van der Waals surface area (Å²) in [6, 6.07) is 4.05. The van der Waals surface area contributed by atoms with Crippen molar-refractivity contribution in [2.45, 2.75) is 6.92 Å². The number of aromatic amines is 1. The van der Waals surface area contributed by atoms with Crippen LogP contribution in [-0.2, 0) is 0 Å². The van der Waals surface area contributed by atoms with Crippen molar-refractivity contribution in [3.63, 3.8) is 0 Å². The van der Waals surface area contributed by atoms with Gasteiger partial charge in [-0.25, -0.2) is 4.39 Å². The summed E-state index contributed by atoms with van der Waals surface area (Å²) in [5, 5.41) is 11.0. The van der Waals surface area contributed by atoms with E-state index in [4.69, 9.17) is 23.8 Å². The third-order valence-corrected chi connectivity index (χ3v) is 2.69. The van der Waals surface area contributed by atoms with Crippen molar-refractivity contribution in [3.05, 3.63) is 45.2 Å². The molecule has 0 saturated heterocycles. The van der Waals surface area contributed by atoms with Crippen molar-refractivity contribution < 1.29 is 4.39 Å². The second-order valence-electron chi connectivity index (χ2n) is 3.30. The van der Waals surface area contributed by atoms with E-state index in [2.05, 4.69) is 15.3 Å². The van der Waals surface area contributed by atoms with Crippen LogP contribution in [0.25, 0.3) is 0 Å². The maximum atomic E-state index is 13.0. The van der Waals surface area contributed by atoms with Crippen LogP contribution >= 0.6 is 23.8 Å². The van der Waals surface area contributed by atoms with Gasteiger partial charge in [-0.05, 0) is 37.3 Å². The zero-order valence-corrected chi connectivity index (χ0v) is 10.4. The van der Waals surface area contributed by atoms with Gasteiger partial charge < -0.3 is 0 Å². The van der Waals surface area contributed by atoms with E-state index in [0.29, 0.717) is 21.2 Å². The first kappa shape index (κ1) is 11.9. The summed E-state index contributed by atoms with van der Waals surface area (Å²) in [4.78, 5) is 0. The molecule has 0 spiro atoms. The number of aromatic nitrogens is 3. The molecule has 1 aromatic heterocycles. The van der Waals surface area contributed by atoms with E-state index < -0.39 is 0 Å². The average Bonchev–Trinajstić information content (AvgIpc) is 2.61. The lowest BCUT2D eigenvalue weighted by molar-refractivity contribution is 0.627. The molecule has 0 unspecified atom stereocenters. The number of H-pyrrole nitrogens is 1. The van der Waals surface area contributed by atoms with Crippen molar-refractivity contribution >= 4 is 30.0 Å². The van der Waals surface area contributed by atoms with E-state index in [0.717, 1.165) is 0 Å². The molecule has 0 bridgehead atoms. The Labute approximate surface area is 107 Å². The average molecular weight is 271 g/mol. The fourth-order valence-corrected chi connectivity index (χ4v) is 1.63. The van der Waals surface area contributed by atoms with Gasteiger partial charge in [-0.3, -0.25) is 5.10 Å². The number of hydrogen-bond acceptors (Lipinski definition) is 3. The molecule has 0 radical (unpaired) electrons. The van der Waals surface area contributed by atoms with E-state index in [1.54, 1.807) is 6.92 Å². The molecule has 1 heterocycles. The summed E-state index contributed by atoms with van der Waals surface area (Å²) in [7, 11) is 0. The van der Waals surface area contributed by atoms with Crippen LogP contribution in [-0.4, -0.2) is 21.1 Å². The zero-order chi connectivity index (χ0) is 12.4. The van der Waals surface area contributed by atoms with Crippen LogP contribution in [0, 0.1) is 17.5 Å². The minimum Gasteiger partial charge on any atom is -0.250 e. The van der Waals surface area contributed by atoms with Gasteiger partial charge in [-0.2, -0.15) is 14.9 Å². The Morgan fingerprint density at radius 2 is 2.35 bits per heavy atom. The quantitative estimate of drug-likeness (QED) is 0.674. The highest BCUT2D eigenvalue weighted by Crippen LogP contribution is 2.15. The number of halogens is 2. The molecule has 4 nitrogen and oxygen atoms in total. The highest BCUT2D eigenvalue weighted by atomic mass is 35.5. The van der Waals surface area contributed by atoms with Crippen LogP contribution in [0.2, 0.25) is 5.02 Å². The van der Waals surface area contributed by atoms with Crippen LogP contribution in [0.1, 0.15) is 11.4 Å². The Hall–Kier alpha value is -1.53. The Balaban J connectivity index is 2.39. The lowest BCUT2D eigenvalue weighted by Crippen LogP contribution is -1.94. The van der Waals surface area contributed by atoms with Gasteiger partial charge in [-0.1, -0.05) is 11.6 Å². The van der Waals surface area contributed by atoms with Gasteiger partial charge >= 0.3 is 0 Å². The first-order valence-electron chi connectivity index (χ1n) is 4.71. The summed E-state index contributed by atoms with van der Waals surface area (Å²) in [6.45, 7) is 1.75. The van der Waals surface area contributed by atoms with Crippen molar-refractivity contribution in [2.24, 2.45) is 5.10 Å². The van der Waals surface area contributed by atoms with E-state index in [9.17, 15) is 4.39 Å². The second-order valence-corrected chi connectivity index (χ2v) is 4.09. The molecule has 2 rings (SSSR count). The summed E-state index contributed by atoms with van der Waals surface area (Å²) >= 11 is 10.9. The number of benzene rings is 1. The normalized spacial score (nSPS) is 11.2. The lowest BCUT2D eigenvalue weighted by atomic mass is 10.2. The maximum Gasteiger partial charge on any atom is 0.216 e. The van der Waals surface area contributed by atoms with Crippen molar-refractivity contribution in [2.75, 3.05) is 0 Å². The van der Waals surface area contributed by atoms with E-state index in [-0.39, 0.29) is 5.82 Å². The van der Waals surface area contributed by atoms with Crippen LogP contribution < -0.4 is 0 Å². The van der Waals surface area contributed by atoms with Gasteiger partial charge in [0.2, 0.25) is 4.77 Å². The molecule has 88 valence electrons. The Morgan fingerprint density at radius 1 is 1.59 bits per heavy atom. The maximum absolute atomic E-state index is 13.0. The smallest absolute Gasteiger partial charge is 0.216 e. The topological polar surface area (TPSA) is 46.0 Å². The van der Waals surface area contributed by atoms with Crippen LogP contribution in [0.15, 0.2) is 23.3 Å². The van der Waals surface area contributed by atoms with Gasteiger partial charge in [-0.15, -0.1) is 0 Å². The van der Waals surface area contributed by atoms with Crippen LogP contribution in [0.3, 0.4) is 0 Å². The molecule has 7 heteroatoms. The minimum atomic E-state index is -0.372. The number of rotatable bonds is 2. The first-order valence-corrected chi connectivity index (χ1v) is 5.50. The number of nitrogens with one attached hydrogen (secondary N) is 1. The lowest BCUT2D eigenvalue weighted by Gasteiger charge is -1.98. The Morgan fingerprint density at radius 3 is 3.00 bits per heavy atom. The molecule has 17 heavy (non-hydrogen) atoms. The number of aryl methyl sites for hydroxylation is 1. The van der Waals surface area contributed by atoms with Crippen molar-refractivity contribution in [1.29, 1.82) is 0 Å². The summed E-state index contributed by atoms with van der Waals surface area (Å²) < 4.78 is 14.8. The molecule has 2 aromatic rings. The van der Waals surface area contributed by atoms with E-state index in [1.165, 1.54) is 29.1 Å². The number of nitrogens with zero attached hydrogens (tertiary/aromatic N) is 3. The molecular weight excluding hydrogens is 263 g/mol. The first-order chi connectivity index (χ1) is 8.08. The summed E-state index contributed by atoms with van der Waals surface area (Å²) in [5.74, 6) is 0.238. The molecule has 1 aromatic carbocycles. The SMILES string of the molecule is Cc1n[nH]c(=S)n1N=Cc1cc(F)ccc1Cl. The van der Waals surface area contributed by atoms with Crippen LogP contribution in [0.4, 0.5) is 4.39 Å². The van der Waals surface area contributed by atoms with Gasteiger partial charge in [0.05, 0.1) is 6.21 Å². The molecule has 0 fully saturated rings. The summed E-state index contributed by atoms with van der Waals surface area (Å²) in [6.07, 6.45) is 1.43. The molecule has 0 aliphatic rings. The zero-order valence-electron chi connectivity index (χ0n) is 8.82. The van der Waals surface area contributed by atoms with Crippen molar-refractivity contribution in [3.8, 4) is 0 Å². The largest absolute Gasteiger partial charge is 0.250 e. The van der Waals surface area contributed by atoms with E-state index >= 15 is 0 Å². The standard InChI is InChI=1S/C10H8ClFN4S/c1-6-14-15-10(17)16(6)13-5-7-4-8(12)2-3-9(7)11/h2-5H,1H3,(H,15,17). The molecule has 1 N–H and O–H groups in total. The van der Waals surface area contributed by atoms with Gasteiger partial charge in [0.1, 0.15) is 11.6 Å². The predicted octanol–water partition coefficient (Wildman–Crippen LogP) is 2.92. The predicted molar refractivity (Wildman–Crippen MR) is 66.6 cm³/mol. The molecule has 0 aliphatic heterocycles. The highest BCUT2D eigenvalue weighted by molar-refractivity contribution is 7.71. The third-order valence-electron chi connectivity index (χ3n) is 2.08. The fraction of sp³-hybridized carbons (Fsp3) is 0.100. The molecule has 0 amide bonds. The molecule has 0 atom stereocenters.